The molecule has 0 aromatic heterocycles. The molecule has 0 bridgehead atoms. The van der Waals surface area contributed by atoms with E-state index in [2.05, 4.69) is 10.3 Å². The molecule has 3 N–H and O–H groups in total. The highest BCUT2D eigenvalue weighted by Crippen LogP contribution is 2.17. The van der Waals surface area contributed by atoms with Gasteiger partial charge in [0.05, 0.1) is 5.57 Å². The van der Waals surface area contributed by atoms with Crippen LogP contribution in [0.15, 0.2) is 64.9 Å². The van der Waals surface area contributed by atoms with Gasteiger partial charge in [-0.1, -0.05) is 24.3 Å². The first-order valence-corrected chi connectivity index (χ1v) is 8.37. The number of carbonyl (C=O) groups is 1. The minimum atomic E-state index is -0.289. The molecule has 0 saturated carbocycles. The first-order valence-electron chi connectivity index (χ1n) is 8.37. The number of benzene rings is 2. The summed E-state index contributed by atoms with van der Waals surface area (Å²) in [6, 6.07) is 13.7. The minimum Gasteiger partial charge on any atom is -0.489 e. The number of halogens is 1. The highest BCUT2D eigenvalue weighted by molar-refractivity contribution is 5.95. The summed E-state index contributed by atoms with van der Waals surface area (Å²) in [6.45, 7) is 0.630. The van der Waals surface area contributed by atoms with Gasteiger partial charge in [-0.25, -0.2) is 9.38 Å². The molecule has 2 aromatic rings. The zero-order valence-corrected chi connectivity index (χ0v) is 14.2. The molecule has 1 amide bonds. The van der Waals surface area contributed by atoms with Gasteiger partial charge in [-0.05, 0) is 48.2 Å². The van der Waals surface area contributed by atoms with E-state index in [1.807, 2.05) is 24.3 Å². The zero-order valence-electron chi connectivity index (χ0n) is 14.2. The van der Waals surface area contributed by atoms with Crippen LogP contribution in [0.5, 0.6) is 5.75 Å². The number of nitrogens with one attached hydrogen (secondary N) is 1. The molecule has 1 heterocycles. The molecule has 1 aliphatic heterocycles. The van der Waals surface area contributed by atoms with E-state index in [4.69, 9.17) is 10.5 Å². The van der Waals surface area contributed by atoms with Crippen LogP contribution in [0.25, 0.3) is 0 Å². The van der Waals surface area contributed by atoms with Crippen molar-refractivity contribution in [2.45, 2.75) is 26.0 Å². The number of nitrogens with two attached hydrogens (primary N) is 1. The zero-order chi connectivity index (χ0) is 18.4. The summed E-state index contributed by atoms with van der Waals surface area (Å²) < 4.78 is 18.9. The highest BCUT2D eigenvalue weighted by atomic mass is 19.1. The number of hydrogen-bond donors (Lipinski definition) is 2. The molecule has 0 fully saturated rings. The molecule has 0 saturated heterocycles. The van der Waals surface area contributed by atoms with Crippen LogP contribution in [0, 0.1) is 5.82 Å². The lowest BCUT2D eigenvalue weighted by Crippen LogP contribution is -2.27. The quantitative estimate of drug-likeness (QED) is 0.838. The molecule has 6 heteroatoms. The van der Waals surface area contributed by atoms with Gasteiger partial charge < -0.3 is 15.8 Å². The van der Waals surface area contributed by atoms with E-state index in [1.165, 1.54) is 12.1 Å². The first kappa shape index (κ1) is 17.7. The lowest BCUT2D eigenvalue weighted by molar-refractivity contribution is -0.117. The van der Waals surface area contributed by atoms with Crippen molar-refractivity contribution in [2.24, 2.45) is 10.7 Å². The number of hydrogen-bond acceptors (Lipinski definition) is 4. The monoisotopic (exact) mass is 353 g/mol. The number of ether oxygens (including phenoxy) is 1. The molecule has 5 nitrogen and oxygen atoms in total. The van der Waals surface area contributed by atoms with Crippen LogP contribution in [0.3, 0.4) is 0 Å². The fraction of sp³-hybridized carbons (Fsp3) is 0.200. The van der Waals surface area contributed by atoms with Crippen LogP contribution >= 0.6 is 0 Å². The normalized spacial score (nSPS) is 13.6. The molecular weight excluding hydrogens is 333 g/mol. The van der Waals surface area contributed by atoms with E-state index in [0.717, 1.165) is 11.1 Å². The van der Waals surface area contributed by atoms with Crippen molar-refractivity contribution in [1.29, 1.82) is 0 Å². The molecule has 0 radical (unpaired) electrons. The smallest absolute Gasteiger partial charge is 0.251 e. The van der Waals surface area contributed by atoms with E-state index in [1.54, 1.807) is 18.3 Å². The average Bonchev–Trinajstić information content (AvgIpc) is 2.65. The van der Waals surface area contributed by atoms with Gasteiger partial charge in [0.2, 0.25) is 0 Å². The van der Waals surface area contributed by atoms with E-state index < -0.39 is 0 Å². The third-order valence-corrected chi connectivity index (χ3v) is 3.98. The van der Waals surface area contributed by atoms with Crippen LogP contribution in [-0.2, 0) is 17.9 Å². The van der Waals surface area contributed by atoms with Gasteiger partial charge >= 0.3 is 0 Å². The van der Waals surface area contributed by atoms with Gasteiger partial charge in [-0.3, -0.25) is 4.79 Å². The van der Waals surface area contributed by atoms with Crippen molar-refractivity contribution in [1.82, 2.24) is 5.32 Å². The molecule has 0 spiro atoms. The third-order valence-electron chi connectivity index (χ3n) is 3.98. The van der Waals surface area contributed by atoms with Crippen molar-refractivity contribution in [3.8, 4) is 5.75 Å². The second kappa shape index (κ2) is 8.29. The molecule has 134 valence electrons. The second-order valence-electron chi connectivity index (χ2n) is 5.96. The van der Waals surface area contributed by atoms with Gasteiger partial charge in [-0.2, -0.15) is 0 Å². The Hall–Kier alpha value is -3.15. The maximum atomic E-state index is 13.2. The second-order valence-corrected chi connectivity index (χ2v) is 5.96. The Morgan fingerprint density at radius 3 is 2.81 bits per heavy atom. The Balaban J connectivity index is 1.57. The van der Waals surface area contributed by atoms with E-state index >= 15 is 0 Å². The van der Waals surface area contributed by atoms with Crippen molar-refractivity contribution in [3.05, 3.63) is 76.9 Å². The molecule has 0 aliphatic carbocycles. The predicted molar refractivity (Wildman–Crippen MR) is 98.0 cm³/mol. The molecule has 1 aliphatic rings. The largest absolute Gasteiger partial charge is 0.489 e. The van der Waals surface area contributed by atoms with Crippen LogP contribution in [-0.4, -0.2) is 12.1 Å². The summed E-state index contributed by atoms with van der Waals surface area (Å²) in [6.07, 6.45) is 3.02. The molecule has 3 rings (SSSR count). The molecule has 0 unspecified atom stereocenters. The number of amides is 1. The Labute approximate surface area is 151 Å². The van der Waals surface area contributed by atoms with E-state index in [-0.39, 0.29) is 24.2 Å². The van der Waals surface area contributed by atoms with Crippen molar-refractivity contribution in [3.63, 3.8) is 0 Å². The van der Waals surface area contributed by atoms with Gasteiger partial charge in [0, 0.05) is 12.8 Å². The maximum absolute atomic E-state index is 13.2. The molecule has 0 atom stereocenters. The fourth-order valence-corrected chi connectivity index (χ4v) is 2.64. The molecule has 2 aromatic carbocycles. The number of carbonyl (C=O) groups excluding carboxylic acids is 1. The van der Waals surface area contributed by atoms with E-state index in [9.17, 15) is 9.18 Å². The summed E-state index contributed by atoms with van der Waals surface area (Å²) in [7, 11) is 0. The average molecular weight is 353 g/mol. The summed E-state index contributed by atoms with van der Waals surface area (Å²) in [4.78, 5) is 16.2. The lowest BCUT2D eigenvalue weighted by atomic mass is 10.1. The van der Waals surface area contributed by atoms with Crippen LogP contribution < -0.4 is 15.8 Å². The number of aliphatic imine (C=N–C) groups is 1. The minimum absolute atomic E-state index is 0.203. The first-order chi connectivity index (χ1) is 12.6. The Morgan fingerprint density at radius 2 is 2.00 bits per heavy atom. The number of rotatable bonds is 6. The summed E-state index contributed by atoms with van der Waals surface area (Å²) in [5.74, 6) is 0.441. The number of nitrogens with zero attached hydrogens (tertiary/aromatic N) is 1. The lowest BCUT2D eigenvalue weighted by Gasteiger charge is -2.13. The Kier molecular flexibility index (Phi) is 5.63. The van der Waals surface area contributed by atoms with Crippen LogP contribution in [0.1, 0.15) is 24.0 Å². The van der Waals surface area contributed by atoms with Crippen LogP contribution in [0.4, 0.5) is 4.39 Å². The SMILES string of the molecule is NC1=C(C(=O)NCc2cccc(OCc3cccc(F)c3)c2)CCC=N1. The Morgan fingerprint density at radius 1 is 1.19 bits per heavy atom. The molecule has 26 heavy (non-hydrogen) atoms. The highest BCUT2D eigenvalue weighted by Gasteiger charge is 2.15. The van der Waals surface area contributed by atoms with Crippen molar-refractivity contribution < 1.29 is 13.9 Å². The Bertz CT molecular complexity index is 862. The predicted octanol–water partition coefficient (Wildman–Crippen LogP) is 3.06. The topological polar surface area (TPSA) is 76.7 Å². The molecular formula is C20H20FN3O2. The summed E-state index contributed by atoms with van der Waals surface area (Å²) >= 11 is 0. The van der Waals surface area contributed by atoms with Gasteiger partial charge in [0.1, 0.15) is 24.0 Å². The van der Waals surface area contributed by atoms with Crippen molar-refractivity contribution in [2.75, 3.05) is 0 Å². The summed E-state index contributed by atoms with van der Waals surface area (Å²) in [5, 5.41) is 2.85. The standard InChI is InChI=1S/C20H20FN3O2/c21-16-6-1-5-15(10-16)13-26-17-7-2-4-14(11-17)12-24-20(25)18-8-3-9-23-19(18)22/h1-2,4-7,9-11H,3,8,12-13,22H2,(H,24,25). The van der Waals surface area contributed by atoms with E-state index in [0.29, 0.717) is 30.7 Å². The third kappa shape index (κ3) is 4.69. The fourth-order valence-electron chi connectivity index (χ4n) is 2.64. The van der Waals surface area contributed by atoms with Crippen molar-refractivity contribution >= 4 is 12.1 Å². The van der Waals surface area contributed by atoms with Gasteiger partial charge in [0.15, 0.2) is 0 Å². The van der Waals surface area contributed by atoms with Crippen LogP contribution in [0.2, 0.25) is 0 Å². The van der Waals surface area contributed by atoms with Gasteiger partial charge in [0.25, 0.3) is 5.91 Å². The maximum Gasteiger partial charge on any atom is 0.251 e. The van der Waals surface area contributed by atoms with Gasteiger partial charge in [-0.15, -0.1) is 0 Å². The summed E-state index contributed by atoms with van der Waals surface area (Å²) in [5.41, 5.74) is 7.92.